The number of piperidine rings is 1. The Labute approximate surface area is 439 Å². The molecule has 6 aromatic rings. The predicted molar refractivity (Wildman–Crippen MR) is 278 cm³/mol. The second-order valence-corrected chi connectivity index (χ2v) is 21.9. The van der Waals surface area contributed by atoms with Gasteiger partial charge in [-0.2, -0.15) is 0 Å². The number of aromatic nitrogens is 5. The zero-order valence-electron chi connectivity index (χ0n) is 43.6. The topological polar surface area (TPSA) is 207 Å². The number of amides is 4. The molecule has 19 heteroatoms. The van der Waals surface area contributed by atoms with E-state index < -0.39 is 36.3 Å². The van der Waals surface area contributed by atoms with Crippen molar-refractivity contribution in [3.8, 4) is 45.3 Å². The van der Waals surface area contributed by atoms with Gasteiger partial charge in [0.05, 0.1) is 85.7 Å². The van der Waals surface area contributed by atoms with Crippen LogP contribution in [-0.2, 0) is 30.2 Å². The van der Waals surface area contributed by atoms with Gasteiger partial charge in [0.1, 0.15) is 41.0 Å². The molecule has 3 aromatic heterocycles. The molecule has 5 aliphatic heterocycles. The van der Waals surface area contributed by atoms with E-state index in [4.69, 9.17) is 33.7 Å². The van der Waals surface area contributed by atoms with E-state index in [9.17, 15) is 19.2 Å². The Balaban J connectivity index is 0.863. The lowest BCUT2D eigenvalue weighted by Gasteiger charge is -2.38. The smallest absolute Gasteiger partial charge is 0.407 e. The Kier molecular flexibility index (Phi) is 12.8. The number of nitrogens with zero attached hydrogens (tertiary/aromatic N) is 5. The van der Waals surface area contributed by atoms with E-state index in [2.05, 4.69) is 37.3 Å². The monoisotopic (exact) mass is 1040 g/mol. The Morgan fingerprint density at radius 3 is 2.29 bits per heavy atom. The number of hydrogen-bond acceptors (Lipinski definition) is 11. The molecular formula is C57H64FN9O9. The molecule has 4 N–H and O–H groups in total. The molecule has 8 heterocycles. The van der Waals surface area contributed by atoms with Gasteiger partial charge in [0.15, 0.2) is 0 Å². The number of hydrogen-bond donors (Lipinski definition) is 4. The second kappa shape index (κ2) is 19.6. The number of likely N-dealkylation sites (tertiary alicyclic amines) is 2. The standard InChI is InChI=1S/C57H64FN9O9/c1-28(2)49(63-56(70)72-5)53(68)65-15-7-10-42(65)51-59-27-40(62-51)34-21-38(58)48-44-23-35-19-31(11-13-41(35)67(44)55(76-47(48)25-34)33-12-14-46-32(20-33)9-8-16-74-46)39-26-60-52(61-39)45-24-36-22-43(36)66(45)54(69)50(64-57(71)73-6)37-17-29(3)75-30(4)18-37/h11-14,19-21,23,25-30,36-37,42-43,45,49-50,55H,7-10,15-18,22,24H2,1-6H3,(H,59,62)(H,60,61)(H,63,70)(H,64,71)/t29-,30+,36-,37?,42+,43-,45+,49+,50?,55?/m1/s1. The minimum absolute atomic E-state index is 0.0525. The minimum atomic E-state index is -0.781. The van der Waals surface area contributed by atoms with Gasteiger partial charge in [-0.05, 0) is 137 Å². The molecule has 1 saturated carbocycles. The molecule has 18 nitrogen and oxygen atoms in total. The number of alkyl carbamates (subject to hydrolysis) is 2. The van der Waals surface area contributed by atoms with Gasteiger partial charge in [0, 0.05) is 34.7 Å². The van der Waals surface area contributed by atoms with Crippen LogP contribution in [-0.4, -0.2) is 116 Å². The van der Waals surface area contributed by atoms with Crippen LogP contribution in [0.2, 0.25) is 0 Å². The summed E-state index contributed by atoms with van der Waals surface area (Å²) in [7, 11) is 2.58. The van der Waals surface area contributed by atoms with Crippen molar-refractivity contribution in [1.29, 1.82) is 0 Å². The van der Waals surface area contributed by atoms with Gasteiger partial charge >= 0.3 is 12.2 Å². The highest BCUT2D eigenvalue weighted by atomic mass is 19.1. The largest absolute Gasteiger partial charge is 0.493 e. The van der Waals surface area contributed by atoms with E-state index in [-0.39, 0.29) is 54.0 Å². The fourth-order valence-electron chi connectivity index (χ4n) is 12.8. The van der Waals surface area contributed by atoms with Gasteiger partial charge in [-0.1, -0.05) is 19.9 Å². The number of nitrogens with one attached hydrogen (secondary N) is 4. The normalized spacial score (nSPS) is 25.1. The number of halogens is 1. The van der Waals surface area contributed by atoms with Crippen molar-refractivity contribution in [3.63, 3.8) is 0 Å². The summed E-state index contributed by atoms with van der Waals surface area (Å²) in [5, 5.41) is 6.46. The molecule has 398 valence electrons. The SMILES string of the molecule is COC(=O)NC(C(=O)N1[C@@H]2C[C@@H]2C[C@H]1c1ncc(-c2ccc3c(c2)cc2n3C(c3ccc4c(c3)CCCO4)Oc3cc(-c4cnc([C@@H]5CCCN5C(=O)[C@@H](NC(=O)OC)C(C)C)[nH]4)cc(F)c3-2)[nH]1)C1C[C@@H](C)O[C@@H](C)C1. The molecular weight excluding hydrogens is 974 g/mol. The number of benzene rings is 3. The summed E-state index contributed by atoms with van der Waals surface area (Å²) in [5.74, 6) is 1.69. The average molecular weight is 1040 g/mol. The molecule has 0 radical (unpaired) electrons. The fourth-order valence-corrected chi connectivity index (χ4v) is 12.8. The molecule has 0 spiro atoms. The number of imidazole rings is 2. The molecule has 4 fully saturated rings. The van der Waals surface area contributed by atoms with Crippen molar-refractivity contribution in [1.82, 2.24) is 44.9 Å². The summed E-state index contributed by atoms with van der Waals surface area (Å²) in [6.07, 6.45) is 7.51. The van der Waals surface area contributed by atoms with Crippen molar-refractivity contribution in [2.24, 2.45) is 17.8 Å². The number of aromatic amines is 2. The molecule has 3 aromatic carbocycles. The first-order valence-electron chi connectivity index (χ1n) is 26.7. The number of carbonyl (C=O) groups is 4. The molecule has 12 rings (SSSR count). The van der Waals surface area contributed by atoms with Gasteiger partial charge < -0.3 is 58.7 Å². The number of carbonyl (C=O) groups excluding carboxylic acids is 4. The summed E-state index contributed by atoms with van der Waals surface area (Å²) in [4.78, 5) is 73.8. The van der Waals surface area contributed by atoms with E-state index in [1.807, 2.05) is 69.0 Å². The highest BCUT2D eigenvalue weighted by Crippen LogP contribution is 2.54. The molecule has 4 amide bonds. The van der Waals surface area contributed by atoms with Crippen LogP contribution in [0.15, 0.2) is 67.0 Å². The third-order valence-electron chi connectivity index (χ3n) is 16.5. The van der Waals surface area contributed by atoms with E-state index in [1.54, 1.807) is 17.3 Å². The van der Waals surface area contributed by atoms with Crippen LogP contribution >= 0.6 is 0 Å². The highest BCUT2D eigenvalue weighted by Gasteiger charge is 2.57. The number of ether oxygens (including phenoxy) is 5. The number of fused-ring (bicyclic) bond motifs is 7. The quantitative estimate of drug-likeness (QED) is 0.0962. The van der Waals surface area contributed by atoms with Crippen LogP contribution in [0.5, 0.6) is 11.5 Å². The zero-order chi connectivity index (χ0) is 52.7. The Morgan fingerprint density at radius 1 is 0.803 bits per heavy atom. The lowest BCUT2D eigenvalue weighted by atomic mass is 9.85. The van der Waals surface area contributed by atoms with Crippen LogP contribution in [0, 0.1) is 23.6 Å². The van der Waals surface area contributed by atoms with Crippen molar-refractivity contribution < 1.29 is 47.3 Å². The summed E-state index contributed by atoms with van der Waals surface area (Å²) in [5.41, 5.74) is 6.51. The number of H-pyrrole nitrogens is 2. The first-order valence-corrected chi connectivity index (χ1v) is 26.7. The molecule has 3 saturated heterocycles. The van der Waals surface area contributed by atoms with Gasteiger partial charge in [-0.3, -0.25) is 9.59 Å². The summed E-state index contributed by atoms with van der Waals surface area (Å²) < 4.78 is 48.0. The molecule has 0 bridgehead atoms. The Morgan fingerprint density at radius 2 is 1.54 bits per heavy atom. The first kappa shape index (κ1) is 49.5. The van der Waals surface area contributed by atoms with Gasteiger partial charge in [0.2, 0.25) is 18.0 Å². The van der Waals surface area contributed by atoms with E-state index in [0.29, 0.717) is 78.2 Å². The third kappa shape index (κ3) is 8.88. The van der Waals surface area contributed by atoms with Crippen LogP contribution in [0.4, 0.5) is 14.0 Å². The van der Waals surface area contributed by atoms with Crippen molar-refractivity contribution in [2.75, 3.05) is 27.4 Å². The van der Waals surface area contributed by atoms with Crippen molar-refractivity contribution >= 4 is 34.9 Å². The number of rotatable bonds is 11. The van der Waals surface area contributed by atoms with E-state index in [1.165, 1.54) is 20.3 Å². The highest BCUT2D eigenvalue weighted by molar-refractivity contribution is 5.93. The summed E-state index contributed by atoms with van der Waals surface area (Å²) >= 11 is 0. The maximum Gasteiger partial charge on any atom is 0.407 e. The lowest BCUT2D eigenvalue weighted by molar-refractivity contribution is -0.140. The lowest BCUT2D eigenvalue weighted by Crippen LogP contribution is -2.55. The Bertz CT molecular complexity index is 3250. The Hall–Kier alpha value is -7.41. The number of methoxy groups -OCH3 is 2. The van der Waals surface area contributed by atoms with E-state index >= 15 is 4.39 Å². The minimum Gasteiger partial charge on any atom is -0.493 e. The van der Waals surface area contributed by atoms with Gasteiger partial charge in [0.25, 0.3) is 0 Å². The van der Waals surface area contributed by atoms with Crippen LogP contribution in [0.3, 0.4) is 0 Å². The third-order valence-corrected chi connectivity index (χ3v) is 16.5. The molecule has 3 unspecified atom stereocenters. The van der Waals surface area contributed by atoms with E-state index in [0.717, 1.165) is 71.1 Å². The van der Waals surface area contributed by atoms with Crippen molar-refractivity contribution in [3.05, 3.63) is 95.6 Å². The average Bonchev–Trinajstić information content (AvgIpc) is 4.20. The maximum atomic E-state index is 17.1. The molecule has 1 aliphatic carbocycles. The number of aryl methyl sites for hydroxylation is 1. The van der Waals surface area contributed by atoms with Gasteiger partial charge in [-0.25, -0.2) is 23.9 Å². The summed E-state index contributed by atoms with van der Waals surface area (Å²) in [6.45, 7) is 8.91. The first-order chi connectivity index (χ1) is 36.7. The van der Waals surface area contributed by atoms with Gasteiger partial charge in [-0.15, -0.1) is 0 Å². The van der Waals surface area contributed by atoms with Crippen LogP contribution in [0.1, 0.15) is 114 Å². The predicted octanol–water partition coefficient (Wildman–Crippen LogP) is 9.13. The second-order valence-electron chi connectivity index (χ2n) is 21.9. The molecule has 76 heavy (non-hydrogen) atoms. The molecule has 6 aliphatic rings. The summed E-state index contributed by atoms with van der Waals surface area (Å²) in [6, 6.07) is 15.4. The van der Waals surface area contributed by atoms with Crippen LogP contribution in [0.25, 0.3) is 44.7 Å². The van der Waals surface area contributed by atoms with Crippen LogP contribution < -0.4 is 20.1 Å². The van der Waals surface area contributed by atoms with Crippen molar-refractivity contribution in [2.45, 2.75) is 128 Å². The fraction of sp³-hybridized carbons (Fsp3) is 0.474. The zero-order valence-corrected chi connectivity index (χ0v) is 43.6. The molecule has 10 atom stereocenters. The maximum absolute atomic E-state index is 17.1.